The summed E-state index contributed by atoms with van der Waals surface area (Å²) >= 11 is 0. The van der Waals surface area contributed by atoms with Gasteiger partial charge in [-0.1, -0.05) is 38.5 Å². The molecule has 4 aliphatic rings. The van der Waals surface area contributed by atoms with Crippen molar-refractivity contribution >= 4 is 0 Å². The first-order valence-electron chi connectivity index (χ1n) is 8.48. The Morgan fingerprint density at radius 2 is 1.10 bits per heavy atom. The molecule has 2 aliphatic heterocycles. The zero-order chi connectivity index (χ0) is 14.2. The SMILES string of the molecule is C1=C(OC2=CNNC23CCCCC3)C2(CCCCC2)NN1. The van der Waals surface area contributed by atoms with Crippen LogP contribution in [0.15, 0.2) is 23.9 Å². The second kappa shape index (κ2) is 5.21. The number of hydrogen-bond donors (Lipinski definition) is 4. The number of hydrazine groups is 2. The molecule has 2 aliphatic carbocycles. The van der Waals surface area contributed by atoms with Crippen molar-refractivity contribution in [3.8, 4) is 0 Å². The van der Waals surface area contributed by atoms with Crippen molar-refractivity contribution in [1.29, 1.82) is 0 Å². The van der Waals surface area contributed by atoms with E-state index >= 15 is 0 Å². The van der Waals surface area contributed by atoms with E-state index in [1.54, 1.807) is 0 Å². The van der Waals surface area contributed by atoms with Gasteiger partial charge in [0.1, 0.15) is 11.5 Å². The second-order valence-corrected chi connectivity index (χ2v) is 6.94. The first-order valence-corrected chi connectivity index (χ1v) is 8.48. The minimum Gasteiger partial charge on any atom is -0.459 e. The average Bonchev–Trinajstić information content (AvgIpc) is 3.08. The van der Waals surface area contributed by atoms with Gasteiger partial charge in [-0.15, -0.1) is 0 Å². The van der Waals surface area contributed by atoms with Crippen molar-refractivity contribution in [2.75, 3.05) is 0 Å². The van der Waals surface area contributed by atoms with E-state index in [1.165, 1.54) is 38.5 Å². The highest BCUT2D eigenvalue weighted by Crippen LogP contribution is 2.42. The van der Waals surface area contributed by atoms with Crippen LogP contribution in [0.1, 0.15) is 64.2 Å². The topological polar surface area (TPSA) is 57.4 Å². The quantitative estimate of drug-likeness (QED) is 0.629. The van der Waals surface area contributed by atoms with E-state index in [4.69, 9.17) is 4.74 Å². The monoisotopic (exact) mass is 290 g/mol. The van der Waals surface area contributed by atoms with Crippen molar-refractivity contribution in [3.05, 3.63) is 23.9 Å². The first kappa shape index (κ1) is 13.5. The maximum Gasteiger partial charge on any atom is 0.143 e. The molecule has 4 N–H and O–H groups in total. The normalized spacial score (nSPS) is 29.7. The molecule has 21 heavy (non-hydrogen) atoms. The van der Waals surface area contributed by atoms with Crippen LogP contribution in [-0.2, 0) is 4.74 Å². The molecule has 0 atom stereocenters. The Morgan fingerprint density at radius 3 is 1.52 bits per heavy atom. The van der Waals surface area contributed by atoms with E-state index < -0.39 is 0 Å². The summed E-state index contributed by atoms with van der Waals surface area (Å²) in [5, 5.41) is 0. The molecule has 0 aromatic heterocycles. The molecule has 2 spiro atoms. The van der Waals surface area contributed by atoms with Gasteiger partial charge in [-0.05, 0) is 25.7 Å². The van der Waals surface area contributed by atoms with Crippen LogP contribution in [0.5, 0.6) is 0 Å². The van der Waals surface area contributed by atoms with Crippen LogP contribution in [0.3, 0.4) is 0 Å². The van der Waals surface area contributed by atoms with Gasteiger partial charge in [0.05, 0.1) is 23.5 Å². The molecule has 0 amide bonds. The molecule has 2 saturated carbocycles. The summed E-state index contributed by atoms with van der Waals surface area (Å²) in [4.78, 5) is 0. The third kappa shape index (κ3) is 2.23. The maximum absolute atomic E-state index is 6.43. The van der Waals surface area contributed by atoms with E-state index in [9.17, 15) is 0 Å². The molecule has 0 bridgehead atoms. The minimum atomic E-state index is 0.0114. The van der Waals surface area contributed by atoms with E-state index in [0.29, 0.717) is 0 Å². The second-order valence-electron chi connectivity index (χ2n) is 6.94. The van der Waals surface area contributed by atoms with Crippen molar-refractivity contribution in [1.82, 2.24) is 21.7 Å². The molecule has 0 radical (unpaired) electrons. The fourth-order valence-corrected chi connectivity index (χ4v) is 4.31. The predicted octanol–water partition coefficient (Wildman–Crippen LogP) is 2.31. The van der Waals surface area contributed by atoms with Gasteiger partial charge >= 0.3 is 0 Å². The van der Waals surface area contributed by atoms with Crippen LogP contribution < -0.4 is 21.7 Å². The summed E-state index contributed by atoms with van der Waals surface area (Å²) in [6, 6.07) is 0. The standard InChI is InChI=1S/C16H26N4O/c1-3-7-15(8-4-1)13(11-17-19-15)21-14-12-18-20-16(14)9-5-2-6-10-16/h11-12,17-20H,1-10H2. The average molecular weight is 290 g/mol. The van der Waals surface area contributed by atoms with E-state index in [-0.39, 0.29) is 11.1 Å². The van der Waals surface area contributed by atoms with Gasteiger partial charge in [-0.25, -0.2) is 10.9 Å². The summed E-state index contributed by atoms with van der Waals surface area (Å²) in [6.45, 7) is 0. The van der Waals surface area contributed by atoms with E-state index in [1.807, 2.05) is 12.4 Å². The predicted molar refractivity (Wildman–Crippen MR) is 81.4 cm³/mol. The number of nitrogens with one attached hydrogen (secondary N) is 4. The van der Waals surface area contributed by atoms with Crippen LogP contribution >= 0.6 is 0 Å². The third-order valence-electron chi connectivity index (χ3n) is 5.61. The molecule has 0 unspecified atom stereocenters. The summed E-state index contributed by atoms with van der Waals surface area (Å²) in [6.07, 6.45) is 16.4. The Hall–Kier alpha value is -1.20. The van der Waals surface area contributed by atoms with Crippen LogP contribution in [-0.4, -0.2) is 11.1 Å². The Balaban J connectivity index is 1.52. The molecule has 0 aromatic rings. The lowest BCUT2D eigenvalue weighted by Gasteiger charge is -2.38. The van der Waals surface area contributed by atoms with Crippen LogP contribution in [0.25, 0.3) is 0 Å². The van der Waals surface area contributed by atoms with Gasteiger partial charge in [-0.3, -0.25) is 0 Å². The van der Waals surface area contributed by atoms with Gasteiger partial charge in [0.2, 0.25) is 0 Å². The van der Waals surface area contributed by atoms with Crippen molar-refractivity contribution in [3.63, 3.8) is 0 Å². The summed E-state index contributed by atoms with van der Waals surface area (Å²) in [5.74, 6) is 2.15. The molecular weight excluding hydrogens is 264 g/mol. The molecule has 5 heteroatoms. The summed E-state index contributed by atoms with van der Waals surface area (Å²) < 4.78 is 6.43. The Kier molecular flexibility index (Phi) is 3.34. The Bertz CT molecular complexity index is 417. The Labute approximate surface area is 126 Å². The van der Waals surface area contributed by atoms with Crippen molar-refractivity contribution in [2.45, 2.75) is 75.3 Å². The molecule has 2 heterocycles. The largest absolute Gasteiger partial charge is 0.459 e. The molecule has 4 rings (SSSR count). The smallest absolute Gasteiger partial charge is 0.143 e. The highest BCUT2D eigenvalue weighted by molar-refractivity contribution is 5.26. The third-order valence-corrected chi connectivity index (χ3v) is 5.61. The lowest BCUT2D eigenvalue weighted by Crippen LogP contribution is -2.50. The molecule has 0 saturated heterocycles. The number of rotatable bonds is 2. The van der Waals surface area contributed by atoms with E-state index in [0.717, 1.165) is 37.2 Å². The summed E-state index contributed by atoms with van der Waals surface area (Å²) in [7, 11) is 0. The highest BCUT2D eigenvalue weighted by Gasteiger charge is 2.45. The summed E-state index contributed by atoms with van der Waals surface area (Å²) in [5.41, 5.74) is 13.3. The van der Waals surface area contributed by atoms with Crippen LogP contribution in [0.2, 0.25) is 0 Å². The van der Waals surface area contributed by atoms with Crippen LogP contribution in [0, 0.1) is 0 Å². The molecule has 5 nitrogen and oxygen atoms in total. The zero-order valence-corrected chi connectivity index (χ0v) is 12.6. The fourth-order valence-electron chi connectivity index (χ4n) is 4.31. The lowest BCUT2D eigenvalue weighted by molar-refractivity contribution is 0.130. The maximum atomic E-state index is 6.43. The van der Waals surface area contributed by atoms with Crippen LogP contribution in [0.4, 0.5) is 0 Å². The fraction of sp³-hybridized carbons (Fsp3) is 0.750. The van der Waals surface area contributed by atoms with Gasteiger partial charge in [0.15, 0.2) is 0 Å². The van der Waals surface area contributed by atoms with Gasteiger partial charge < -0.3 is 15.6 Å². The zero-order valence-electron chi connectivity index (χ0n) is 12.6. The van der Waals surface area contributed by atoms with Gasteiger partial charge in [-0.2, -0.15) is 0 Å². The first-order chi connectivity index (χ1) is 10.3. The molecule has 116 valence electrons. The Morgan fingerprint density at radius 1 is 0.667 bits per heavy atom. The van der Waals surface area contributed by atoms with Crippen molar-refractivity contribution in [2.24, 2.45) is 0 Å². The van der Waals surface area contributed by atoms with Crippen molar-refractivity contribution < 1.29 is 4.74 Å². The van der Waals surface area contributed by atoms with Gasteiger partial charge in [0.25, 0.3) is 0 Å². The minimum absolute atomic E-state index is 0.0114. The van der Waals surface area contributed by atoms with Gasteiger partial charge in [0, 0.05) is 0 Å². The number of ether oxygens (including phenoxy) is 1. The lowest BCUT2D eigenvalue weighted by atomic mass is 9.80. The molecule has 0 aromatic carbocycles. The highest BCUT2D eigenvalue weighted by atomic mass is 16.5. The number of hydrogen-bond acceptors (Lipinski definition) is 5. The molecule has 2 fully saturated rings. The van der Waals surface area contributed by atoms with E-state index in [2.05, 4.69) is 21.7 Å². The molecular formula is C16H26N4O.